The molecule has 0 saturated carbocycles. The molecule has 30 heavy (non-hydrogen) atoms. The van der Waals surface area contributed by atoms with Crippen molar-refractivity contribution in [2.24, 2.45) is 0 Å². The molecule has 1 aromatic rings. The summed E-state index contributed by atoms with van der Waals surface area (Å²) in [6.07, 6.45) is 4.56. The van der Waals surface area contributed by atoms with Gasteiger partial charge in [-0.3, -0.25) is 19.4 Å². The number of likely N-dealkylation sites (tertiary alicyclic amines) is 1. The number of alkyl halides is 2. The van der Waals surface area contributed by atoms with Crippen LogP contribution >= 0.6 is 0 Å². The van der Waals surface area contributed by atoms with Crippen LogP contribution in [0.15, 0.2) is 24.3 Å². The summed E-state index contributed by atoms with van der Waals surface area (Å²) in [4.78, 5) is 31.0. The molecule has 7 nitrogen and oxygen atoms in total. The van der Waals surface area contributed by atoms with Crippen molar-refractivity contribution in [1.82, 2.24) is 14.7 Å². The lowest BCUT2D eigenvalue weighted by atomic mass is 10.2. The van der Waals surface area contributed by atoms with E-state index in [0.717, 1.165) is 39.0 Å². The van der Waals surface area contributed by atoms with Gasteiger partial charge in [0.15, 0.2) is 0 Å². The number of amides is 2. The number of hydrogen-bond acceptors (Lipinski definition) is 5. The fraction of sp³-hybridized carbons (Fsp3) is 0.619. The minimum Gasteiger partial charge on any atom is -0.433 e. The fourth-order valence-electron chi connectivity index (χ4n) is 3.88. The monoisotopic (exact) mass is 424 g/mol. The lowest BCUT2D eigenvalue weighted by Gasteiger charge is -2.35. The molecular weight excluding hydrogens is 394 g/mol. The summed E-state index contributed by atoms with van der Waals surface area (Å²) < 4.78 is 29.4. The zero-order valence-corrected chi connectivity index (χ0v) is 17.2. The molecule has 0 aromatic heterocycles. The molecule has 0 spiro atoms. The maximum Gasteiger partial charge on any atom is 0.387 e. The molecule has 0 radical (unpaired) electrons. The number of piperazine rings is 1. The molecule has 2 saturated heterocycles. The lowest BCUT2D eigenvalue weighted by molar-refractivity contribution is -0.133. The zero-order valence-electron chi connectivity index (χ0n) is 17.2. The molecule has 2 fully saturated rings. The Labute approximate surface area is 175 Å². The van der Waals surface area contributed by atoms with Gasteiger partial charge in [0.25, 0.3) is 0 Å². The van der Waals surface area contributed by atoms with Crippen molar-refractivity contribution in [3.05, 3.63) is 24.3 Å². The van der Waals surface area contributed by atoms with Crippen LogP contribution in [0, 0.1) is 0 Å². The SMILES string of the molecule is O=C(CN1CCN(CC(=O)N2CCCCCC2)CC1)Nc1ccccc1OC(F)F. The average molecular weight is 424 g/mol. The molecule has 3 rings (SSSR count). The molecule has 0 atom stereocenters. The van der Waals surface area contributed by atoms with Crippen LogP contribution in [0.2, 0.25) is 0 Å². The minimum absolute atomic E-state index is 0.0577. The fourth-order valence-corrected chi connectivity index (χ4v) is 3.88. The molecule has 2 amide bonds. The van der Waals surface area contributed by atoms with E-state index < -0.39 is 6.61 Å². The normalized spacial score (nSPS) is 18.8. The van der Waals surface area contributed by atoms with Crippen LogP contribution in [0.3, 0.4) is 0 Å². The zero-order chi connectivity index (χ0) is 21.3. The number of halogens is 2. The van der Waals surface area contributed by atoms with Gasteiger partial charge in [-0.15, -0.1) is 0 Å². The number of ether oxygens (including phenoxy) is 1. The van der Waals surface area contributed by atoms with Gasteiger partial charge >= 0.3 is 6.61 Å². The van der Waals surface area contributed by atoms with Gasteiger partial charge in [0.2, 0.25) is 11.8 Å². The Morgan fingerprint density at radius 2 is 1.50 bits per heavy atom. The molecule has 0 bridgehead atoms. The van der Waals surface area contributed by atoms with Crippen molar-refractivity contribution < 1.29 is 23.1 Å². The number of carbonyl (C=O) groups is 2. The van der Waals surface area contributed by atoms with Crippen LogP contribution in [0.5, 0.6) is 5.75 Å². The Morgan fingerprint density at radius 3 is 2.13 bits per heavy atom. The largest absolute Gasteiger partial charge is 0.433 e. The minimum atomic E-state index is -2.95. The Balaban J connectivity index is 1.41. The van der Waals surface area contributed by atoms with Crippen LogP contribution in [0.25, 0.3) is 0 Å². The first-order valence-electron chi connectivity index (χ1n) is 10.6. The van der Waals surface area contributed by atoms with E-state index >= 15 is 0 Å². The maximum absolute atomic E-state index is 12.5. The summed E-state index contributed by atoms with van der Waals surface area (Å²) in [5, 5.41) is 2.64. The summed E-state index contributed by atoms with van der Waals surface area (Å²) in [6, 6.07) is 6.14. The van der Waals surface area contributed by atoms with Crippen LogP contribution in [0.1, 0.15) is 25.7 Å². The van der Waals surface area contributed by atoms with E-state index in [9.17, 15) is 18.4 Å². The molecule has 2 heterocycles. The lowest BCUT2D eigenvalue weighted by Crippen LogP contribution is -2.51. The number of nitrogens with one attached hydrogen (secondary N) is 1. The van der Waals surface area contributed by atoms with Crippen molar-refractivity contribution in [2.75, 3.05) is 57.7 Å². The number of para-hydroxylation sites is 2. The van der Waals surface area contributed by atoms with E-state index in [-0.39, 0.29) is 29.8 Å². The third-order valence-corrected chi connectivity index (χ3v) is 5.53. The molecule has 0 aliphatic carbocycles. The van der Waals surface area contributed by atoms with Gasteiger partial charge in [0.1, 0.15) is 5.75 Å². The second-order valence-electron chi connectivity index (χ2n) is 7.77. The van der Waals surface area contributed by atoms with E-state index in [0.29, 0.717) is 19.6 Å². The quantitative estimate of drug-likeness (QED) is 0.727. The molecule has 9 heteroatoms. The number of benzene rings is 1. The van der Waals surface area contributed by atoms with Crippen LogP contribution < -0.4 is 10.1 Å². The third kappa shape index (κ3) is 6.91. The molecule has 2 aliphatic heterocycles. The van der Waals surface area contributed by atoms with E-state index in [2.05, 4.69) is 15.0 Å². The first-order valence-corrected chi connectivity index (χ1v) is 10.6. The summed E-state index contributed by atoms with van der Waals surface area (Å²) in [5.74, 6) is -0.147. The van der Waals surface area contributed by atoms with Crippen LogP contribution in [-0.4, -0.2) is 85.5 Å². The van der Waals surface area contributed by atoms with Crippen molar-refractivity contribution in [2.45, 2.75) is 32.3 Å². The molecular formula is C21H30F2N4O3. The average Bonchev–Trinajstić information content (AvgIpc) is 3.00. The summed E-state index contributed by atoms with van der Waals surface area (Å²) in [6.45, 7) is 2.15. The van der Waals surface area contributed by atoms with Gasteiger partial charge in [0.05, 0.1) is 18.8 Å². The molecule has 2 aliphatic rings. The molecule has 166 valence electrons. The number of nitrogens with zero attached hydrogens (tertiary/aromatic N) is 3. The predicted molar refractivity (Wildman–Crippen MR) is 110 cm³/mol. The topological polar surface area (TPSA) is 65.1 Å². The number of carbonyl (C=O) groups excluding carboxylic acids is 2. The van der Waals surface area contributed by atoms with Crippen molar-refractivity contribution in [3.63, 3.8) is 0 Å². The van der Waals surface area contributed by atoms with Crippen LogP contribution in [-0.2, 0) is 9.59 Å². The second kappa shape index (κ2) is 11.2. The van der Waals surface area contributed by atoms with Crippen molar-refractivity contribution in [1.29, 1.82) is 0 Å². The summed E-state index contributed by atoms with van der Waals surface area (Å²) in [5.41, 5.74) is 0.226. The third-order valence-electron chi connectivity index (χ3n) is 5.53. The van der Waals surface area contributed by atoms with Gasteiger partial charge < -0.3 is 15.0 Å². The predicted octanol–water partition coefficient (Wildman–Crippen LogP) is 2.25. The van der Waals surface area contributed by atoms with Crippen molar-refractivity contribution >= 4 is 17.5 Å². The van der Waals surface area contributed by atoms with E-state index in [1.54, 1.807) is 12.1 Å². The summed E-state index contributed by atoms with van der Waals surface area (Å²) >= 11 is 0. The smallest absolute Gasteiger partial charge is 0.387 e. The van der Waals surface area contributed by atoms with E-state index in [4.69, 9.17) is 0 Å². The highest BCUT2D eigenvalue weighted by molar-refractivity contribution is 5.93. The van der Waals surface area contributed by atoms with E-state index in [1.807, 2.05) is 9.80 Å². The first-order chi connectivity index (χ1) is 14.5. The van der Waals surface area contributed by atoms with Crippen LogP contribution in [0.4, 0.5) is 14.5 Å². The van der Waals surface area contributed by atoms with Gasteiger partial charge in [-0.25, -0.2) is 0 Å². The summed E-state index contributed by atoms with van der Waals surface area (Å²) in [7, 11) is 0. The van der Waals surface area contributed by atoms with Gasteiger partial charge in [-0.05, 0) is 25.0 Å². The maximum atomic E-state index is 12.5. The Hall–Kier alpha value is -2.26. The first kappa shape index (κ1) is 22.4. The van der Waals surface area contributed by atoms with Crippen molar-refractivity contribution in [3.8, 4) is 5.75 Å². The Kier molecular flexibility index (Phi) is 8.39. The highest BCUT2D eigenvalue weighted by atomic mass is 19.3. The van der Waals surface area contributed by atoms with Gasteiger partial charge in [0, 0.05) is 39.3 Å². The second-order valence-corrected chi connectivity index (χ2v) is 7.77. The Bertz CT molecular complexity index is 703. The molecule has 1 aromatic carbocycles. The number of rotatable bonds is 7. The van der Waals surface area contributed by atoms with Gasteiger partial charge in [-0.2, -0.15) is 8.78 Å². The number of hydrogen-bond donors (Lipinski definition) is 1. The Morgan fingerprint density at radius 1 is 0.900 bits per heavy atom. The molecule has 0 unspecified atom stereocenters. The van der Waals surface area contributed by atoms with Gasteiger partial charge in [-0.1, -0.05) is 25.0 Å². The highest BCUT2D eigenvalue weighted by Crippen LogP contribution is 2.25. The highest BCUT2D eigenvalue weighted by Gasteiger charge is 2.23. The standard InChI is InChI=1S/C21H30F2N4O3/c22-21(23)30-18-8-4-3-7-17(18)24-19(28)15-25-11-13-26(14-12-25)16-20(29)27-9-5-1-2-6-10-27/h3-4,7-8,21H,1-2,5-6,9-16H2,(H,24,28). The number of anilines is 1. The van der Waals surface area contributed by atoms with E-state index in [1.165, 1.54) is 25.0 Å². The molecule has 1 N–H and O–H groups in total.